The molecule has 5 fully saturated rings. The average molecular weight is 955 g/mol. The summed E-state index contributed by atoms with van der Waals surface area (Å²) in [7, 11) is -2.29. The first kappa shape index (κ1) is 51.1. The zero-order chi connectivity index (χ0) is 48.5. The minimum atomic E-state index is -2.29. The van der Waals surface area contributed by atoms with Crippen molar-refractivity contribution in [1.29, 1.82) is 0 Å². The monoisotopic (exact) mass is 955 g/mol. The fraction of sp³-hybridized carbons (Fsp3) is 0.625. The van der Waals surface area contributed by atoms with Crippen LogP contribution in [-0.2, 0) is 65.1 Å². The van der Waals surface area contributed by atoms with Gasteiger partial charge in [-0.2, -0.15) is 0 Å². The molecule has 0 bridgehead atoms. The van der Waals surface area contributed by atoms with Gasteiger partial charge in [-0.05, 0) is 63.4 Å². The van der Waals surface area contributed by atoms with Crippen molar-refractivity contribution in [2.24, 2.45) is 5.92 Å². The molecule has 5 aliphatic rings. The zero-order valence-corrected chi connectivity index (χ0v) is 43.3. The Balaban J connectivity index is 0.967. The minimum Gasteiger partial charge on any atom is -0.459 e. The maximum Gasteiger partial charge on any atom is 0.309 e. The molecule has 14 atom stereocenters. The molecule has 372 valence electrons. The molecule has 5 aliphatic heterocycles. The van der Waals surface area contributed by atoms with Gasteiger partial charge in [0.15, 0.2) is 14.6 Å². The first-order valence-electron chi connectivity index (χ1n) is 25.0. The number of ether oxygens (including phenoxy) is 9. The lowest BCUT2D eigenvalue weighted by Gasteiger charge is -2.59. The molecule has 1 unspecified atom stereocenters. The van der Waals surface area contributed by atoms with E-state index in [1.165, 1.54) is 0 Å². The average Bonchev–Trinajstić information content (AvgIpc) is 3.30. The van der Waals surface area contributed by atoms with Crippen LogP contribution in [0.1, 0.15) is 117 Å². The van der Waals surface area contributed by atoms with Gasteiger partial charge in [0.1, 0.15) is 17.8 Å². The third-order valence-corrected chi connectivity index (χ3v) is 20.5. The molecule has 68 heavy (non-hydrogen) atoms. The maximum atomic E-state index is 14.5. The highest BCUT2D eigenvalue weighted by atomic mass is 28.4. The molecule has 3 aromatic rings. The van der Waals surface area contributed by atoms with Crippen LogP contribution in [0, 0.1) is 5.92 Å². The lowest BCUT2D eigenvalue weighted by molar-refractivity contribution is -0.345. The summed E-state index contributed by atoms with van der Waals surface area (Å²) < 4.78 is 67.8. The van der Waals surface area contributed by atoms with Gasteiger partial charge in [-0.15, -0.1) is 6.58 Å². The summed E-state index contributed by atoms with van der Waals surface area (Å²) in [6.07, 6.45) is 1.81. The van der Waals surface area contributed by atoms with Crippen molar-refractivity contribution in [3.63, 3.8) is 0 Å². The van der Waals surface area contributed by atoms with Crippen molar-refractivity contribution in [2.45, 2.75) is 203 Å². The topological polar surface area (TPSA) is 109 Å². The van der Waals surface area contributed by atoms with Gasteiger partial charge >= 0.3 is 5.97 Å². The van der Waals surface area contributed by atoms with Crippen LogP contribution in [0.15, 0.2) is 104 Å². The molecule has 11 nitrogen and oxygen atoms in total. The van der Waals surface area contributed by atoms with Crippen molar-refractivity contribution < 1.29 is 51.9 Å². The Hall–Kier alpha value is -3.27. The molecular weight excluding hydrogens is 877 g/mol. The molecule has 0 N–H and O–H groups in total. The third-order valence-electron chi connectivity index (χ3n) is 16.0. The largest absolute Gasteiger partial charge is 0.459 e. The number of hydrogen-bond acceptors (Lipinski definition) is 11. The summed E-state index contributed by atoms with van der Waals surface area (Å²) in [5.41, 5.74) is 0.0850. The molecule has 5 heterocycles. The van der Waals surface area contributed by atoms with Crippen molar-refractivity contribution >= 4 is 14.3 Å². The van der Waals surface area contributed by atoms with E-state index in [0.717, 1.165) is 16.7 Å². The highest BCUT2D eigenvalue weighted by Crippen LogP contribution is 2.51. The molecule has 0 radical (unpaired) electrons. The van der Waals surface area contributed by atoms with Crippen molar-refractivity contribution in [1.82, 2.24) is 0 Å². The van der Waals surface area contributed by atoms with E-state index in [1.54, 1.807) is 6.08 Å². The van der Waals surface area contributed by atoms with Crippen LogP contribution in [0.5, 0.6) is 0 Å². The summed E-state index contributed by atoms with van der Waals surface area (Å²) in [6.45, 7) is 27.5. The Morgan fingerprint density at radius 3 is 2.10 bits per heavy atom. The molecule has 12 heteroatoms. The van der Waals surface area contributed by atoms with Gasteiger partial charge in [0.05, 0.1) is 79.2 Å². The van der Waals surface area contributed by atoms with Gasteiger partial charge in [-0.1, -0.05) is 125 Å². The van der Waals surface area contributed by atoms with E-state index in [1.807, 2.05) is 80.6 Å². The van der Waals surface area contributed by atoms with Crippen LogP contribution in [0.4, 0.5) is 0 Å². The SMILES string of the molecule is C=C[C@@]1(C)O[C@@]2(C)C[C@@H](OCc3ccccc3)[C@](C)(CCOCc3ccccc3)O[C@@H]2C[C@@H]1OC(=O)C(C)C[C@@H]1O[C@@H]2C[C@@H]3O[C@H](c4ccccc4)OC[C@H]3O[C@@]2(C)C[C@H]1O[Si](C)(C)C(C)(C)C. The predicted octanol–water partition coefficient (Wildman–Crippen LogP) is 11.0. The smallest absolute Gasteiger partial charge is 0.309 e. The van der Waals surface area contributed by atoms with Crippen LogP contribution >= 0.6 is 0 Å². The third kappa shape index (κ3) is 11.3. The molecule has 0 spiro atoms. The highest BCUT2D eigenvalue weighted by molar-refractivity contribution is 6.74. The molecule has 8 rings (SSSR count). The molecule has 0 aromatic heterocycles. The molecule has 0 aliphatic carbocycles. The van der Waals surface area contributed by atoms with Crippen LogP contribution < -0.4 is 0 Å². The Morgan fingerprint density at radius 1 is 0.809 bits per heavy atom. The highest BCUT2D eigenvalue weighted by Gasteiger charge is 2.61. The number of carbonyl (C=O) groups excluding carboxylic acids is 1. The fourth-order valence-corrected chi connectivity index (χ4v) is 11.9. The van der Waals surface area contributed by atoms with Gasteiger partial charge in [-0.3, -0.25) is 4.79 Å². The lowest BCUT2D eigenvalue weighted by Crippen LogP contribution is -2.69. The number of benzene rings is 3. The van der Waals surface area contributed by atoms with Crippen molar-refractivity contribution in [3.05, 3.63) is 120 Å². The van der Waals surface area contributed by atoms with Gasteiger partial charge < -0.3 is 47.1 Å². The Kier molecular flexibility index (Phi) is 15.4. The second-order valence-corrected chi connectivity index (χ2v) is 27.3. The Labute approximate surface area is 406 Å². The van der Waals surface area contributed by atoms with E-state index in [9.17, 15) is 4.79 Å². The van der Waals surface area contributed by atoms with Crippen LogP contribution in [0.3, 0.4) is 0 Å². The maximum absolute atomic E-state index is 14.5. The van der Waals surface area contributed by atoms with Crippen molar-refractivity contribution in [3.8, 4) is 0 Å². The number of esters is 1. The summed E-state index contributed by atoms with van der Waals surface area (Å²) in [6, 6.07) is 30.4. The minimum absolute atomic E-state index is 0.0407. The summed E-state index contributed by atoms with van der Waals surface area (Å²) in [5.74, 6) is -0.847. The fourth-order valence-electron chi connectivity index (χ4n) is 10.6. The summed E-state index contributed by atoms with van der Waals surface area (Å²) in [5, 5.41) is -0.0407. The number of fused-ring (bicyclic) bond motifs is 3. The van der Waals surface area contributed by atoms with E-state index < -0.39 is 55.1 Å². The van der Waals surface area contributed by atoms with Crippen LogP contribution in [0.25, 0.3) is 0 Å². The number of hydrogen-bond donors (Lipinski definition) is 0. The lowest BCUT2D eigenvalue weighted by atomic mass is 9.73. The zero-order valence-electron chi connectivity index (χ0n) is 42.3. The summed E-state index contributed by atoms with van der Waals surface area (Å²) in [4.78, 5) is 14.5. The first-order valence-corrected chi connectivity index (χ1v) is 27.9. The number of rotatable bonds is 16. The molecule has 3 aromatic carbocycles. The Morgan fingerprint density at radius 2 is 1.46 bits per heavy atom. The van der Waals surface area contributed by atoms with Gasteiger partial charge in [0, 0.05) is 44.3 Å². The molecule has 0 saturated carbocycles. The predicted molar refractivity (Wildman–Crippen MR) is 263 cm³/mol. The van der Waals surface area contributed by atoms with Crippen LogP contribution in [-0.4, -0.2) is 98.7 Å². The standard InChI is InChI=1S/C56H78O11Si/c1-12-53(6)47(32-48-56(9,67-53)34-49(59-36-40-24-18-14-19-25-40)54(7,65-48)28-29-58-35-39-22-16-13-17-23-39)63-50(57)38(2)30-42-44(66-68(10,11)52(3,4)5)33-55(8)46(61-42)31-43-45(64-55)37-60-51(62-43)41-26-20-15-21-27-41/h12-27,38,42-49,51H,1,28-37H2,2-11H3/t38?,42-,43-,44+,45+,46+,47-,48+,49+,51+,53+,54-,55-,56-/m0/s1. The van der Waals surface area contributed by atoms with E-state index in [2.05, 4.69) is 85.5 Å². The molecule has 5 saturated heterocycles. The molecule has 0 amide bonds. The van der Waals surface area contributed by atoms with E-state index in [4.69, 9.17) is 47.1 Å². The molecular formula is C56H78O11Si. The van der Waals surface area contributed by atoms with E-state index >= 15 is 0 Å². The Bertz CT molecular complexity index is 2140. The van der Waals surface area contributed by atoms with E-state index in [-0.39, 0.29) is 47.6 Å². The quantitative estimate of drug-likeness (QED) is 0.0592. The van der Waals surface area contributed by atoms with Gasteiger partial charge in [0.2, 0.25) is 0 Å². The van der Waals surface area contributed by atoms with Gasteiger partial charge in [0.25, 0.3) is 0 Å². The summed E-state index contributed by atoms with van der Waals surface area (Å²) >= 11 is 0. The first-order chi connectivity index (χ1) is 32.2. The van der Waals surface area contributed by atoms with E-state index in [0.29, 0.717) is 65.0 Å². The second kappa shape index (κ2) is 20.5. The number of carbonyl (C=O) groups is 1. The van der Waals surface area contributed by atoms with Crippen molar-refractivity contribution in [2.75, 3.05) is 13.2 Å². The normalized spacial score (nSPS) is 36.6. The van der Waals surface area contributed by atoms with Crippen LogP contribution in [0.2, 0.25) is 18.1 Å². The van der Waals surface area contributed by atoms with Gasteiger partial charge in [-0.25, -0.2) is 0 Å². The second-order valence-electron chi connectivity index (χ2n) is 22.5.